The first-order valence-electron chi connectivity index (χ1n) is 11.7. The second-order valence-electron chi connectivity index (χ2n) is 9.71. The van der Waals surface area contributed by atoms with Crippen LogP contribution in [0.3, 0.4) is 0 Å². The highest BCUT2D eigenvalue weighted by Crippen LogP contribution is 2.31. The normalized spacial score (nSPS) is 15.8. The van der Waals surface area contributed by atoms with Crippen LogP contribution in [0.25, 0.3) is 33.2 Å². The van der Waals surface area contributed by atoms with Crippen LogP contribution in [0.4, 0.5) is 0 Å². The van der Waals surface area contributed by atoms with Gasteiger partial charge in [0.2, 0.25) is 0 Å². The first kappa shape index (κ1) is 24.0. The lowest BCUT2D eigenvalue weighted by molar-refractivity contribution is 0.113. The Kier molecular flexibility index (Phi) is 5.85. The molecule has 1 aliphatic rings. The number of fused-ring (bicyclic) bond motifs is 3. The standard InChI is InChI=1S/C26H26N6O3S/c1-26(2,16-27)31-12-10-19(11-13-31)32-23(33)9-5-18-15-28-21-7-6-20(30-24(21)25(18)32)17-4-8-22(29-14-17)36(3,34)35/h4-9,14-15,19H,10-13H2,1-3H3. The maximum atomic E-state index is 13.2. The van der Waals surface area contributed by atoms with Crippen molar-refractivity contribution in [3.05, 3.63) is 59.1 Å². The third kappa shape index (κ3) is 4.25. The zero-order chi connectivity index (χ0) is 25.7. The molecule has 0 bridgehead atoms. The number of nitrogens with zero attached hydrogens (tertiary/aromatic N) is 6. The molecule has 0 aliphatic carbocycles. The number of hydrogen-bond donors (Lipinski definition) is 0. The number of piperidine rings is 1. The van der Waals surface area contributed by atoms with Gasteiger partial charge in [0.1, 0.15) is 11.1 Å². The first-order chi connectivity index (χ1) is 17.1. The predicted octanol–water partition coefficient (Wildman–Crippen LogP) is 3.35. The third-order valence-corrected chi connectivity index (χ3v) is 7.91. The van der Waals surface area contributed by atoms with E-state index in [-0.39, 0.29) is 16.6 Å². The van der Waals surface area contributed by atoms with Crippen molar-refractivity contribution in [3.8, 4) is 17.3 Å². The van der Waals surface area contributed by atoms with Crippen molar-refractivity contribution in [1.29, 1.82) is 5.26 Å². The Morgan fingerprint density at radius 3 is 2.42 bits per heavy atom. The molecular weight excluding hydrogens is 476 g/mol. The topological polar surface area (TPSA) is 122 Å². The summed E-state index contributed by atoms with van der Waals surface area (Å²) < 4.78 is 25.4. The zero-order valence-corrected chi connectivity index (χ0v) is 21.2. The van der Waals surface area contributed by atoms with Crippen molar-refractivity contribution in [2.24, 2.45) is 0 Å². The molecule has 10 heteroatoms. The molecule has 9 nitrogen and oxygen atoms in total. The van der Waals surface area contributed by atoms with Gasteiger partial charge in [-0.05, 0) is 57.0 Å². The molecule has 0 N–H and O–H groups in total. The summed E-state index contributed by atoms with van der Waals surface area (Å²) in [7, 11) is -3.40. The van der Waals surface area contributed by atoms with Crippen LogP contribution in [-0.2, 0) is 9.84 Å². The Morgan fingerprint density at radius 2 is 1.78 bits per heavy atom. The van der Waals surface area contributed by atoms with Crippen LogP contribution in [0.15, 0.2) is 58.6 Å². The summed E-state index contributed by atoms with van der Waals surface area (Å²) in [4.78, 5) is 28.8. The number of rotatable bonds is 4. The lowest BCUT2D eigenvalue weighted by Crippen LogP contribution is -2.48. The van der Waals surface area contributed by atoms with E-state index < -0.39 is 15.4 Å². The van der Waals surface area contributed by atoms with E-state index in [9.17, 15) is 18.5 Å². The lowest BCUT2D eigenvalue weighted by atomic mass is 9.97. The van der Waals surface area contributed by atoms with E-state index in [1.165, 1.54) is 12.3 Å². The molecule has 4 aromatic rings. The van der Waals surface area contributed by atoms with Crippen LogP contribution in [-0.4, -0.2) is 57.7 Å². The average molecular weight is 503 g/mol. The number of pyridine rings is 4. The molecule has 0 aromatic carbocycles. The Balaban J connectivity index is 1.62. The minimum absolute atomic E-state index is 0.00101. The first-order valence-corrected chi connectivity index (χ1v) is 13.6. The van der Waals surface area contributed by atoms with Gasteiger partial charge in [-0.2, -0.15) is 5.26 Å². The molecule has 4 aromatic heterocycles. The minimum Gasteiger partial charge on any atom is -0.303 e. The van der Waals surface area contributed by atoms with Crippen LogP contribution < -0.4 is 5.56 Å². The van der Waals surface area contributed by atoms with Crippen molar-refractivity contribution < 1.29 is 8.42 Å². The van der Waals surface area contributed by atoms with E-state index in [1.54, 1.807) is 24.4 Å². The third-order valence-electron chi connectivity index (χ3n) is 6.90. The molecule has 184 valence electrons. The smallest absolute Gasteiger partial charge is 0.251 e. The van der Waals surface area contributed by atoms with E-state index >= 15 is 0 Å². The molecule has 0 radical (unpaired) electrons. The second kappa shape index (κ2) is 8.76. The van der Waals surface area contributed by atoms with E-state index in [2.05, 4.69) is 20.9 Å². The van der Waals surface area contributed by atoms with E-state index in [0.717, 1.165) is 30.0 Å². The Hall–Kier alpha value is -3.68. The van der Waals surface area contributed by atoms with Gasteiger partial charge in [-0.3, -0.25) is 14.7 Å². The molecule has 0 spiro atoms. The van der Waals surface area contributed by atoms with Gasteiger partial charge in [0, 0.05) is 54.8 Å². The molecule has 1 fully saturated rings. The maximum absolute atomic E-state index is 13.2. The summed E-state index contributed by atoms with van der Waals surface area (Å²) in [5, 5.41) is 10.3. The molecule has 1 saturated heterocycles. The molecule has 0 amide bonds. The zero-order valence-electron chi connectivity index (χ0n) is 20.3. The largest absolute Gasteiger partial charge is 0.303 e. The van der Waals surface area contributed by atoms with Gasteiger partial charge in [0.25, 0.3) is 5.56 Å². The van der Waals surface area contributed by atoms with E-state index in [1.807, 2.05) is 30.5 Å². The molecule has 5 rings (SSSR count). The molecular formula is C26H26N6O3S. The van der Waals surface area contributed by atoms with Crippen molar-refractivity contribution in [2.75, 3.05) is 19.3 Å². The van der Waals surface area contributed by atoms with Gasteiger partial charge in [-0.1, -0.05) is 0 Å². The van der Waals surface area contributed by atoms with Crippen LogP contribution in [0.5, 0.6) is 0 Å². The minimum atomic E-state index is -3.40. The molecule has 36 heavy (non-hydrogen) atoms. The summed E-state index contributed by atoms with van der Waals surface area (Å²) in [6, 6.07) is 12.5. The van der Waals surface area contributed by atoms with Crippen LogP contribution in [0.1, 0.15) is 32.7 Å². The van der Waals surface area contributed by atoms with E-state index in [4.69, 9.17) is 4.98 Å². The second-order valence-corrected chi connectivity index (χ2v) is 11.7. The van der Waals surface area contributed by atoms with Crippen LogP contribution in [0.2, 0.25) is 0 Å². The fraction of sp³-hybridized carbons (Fsp3) is 0.346. The Labute approximate surface area is 209 Å². The molecule has 5 heterocycles. The van der Waals surface area contributed by atoms with Gasteiger partial charge in [-0.25, -0.2) is 18.4 Å². The number of nitriles is 1. The number of sulfone groups is 1. The van der Waals surface area contributed by atoms with Gasteiger partial charge in [0.05, 0.1) is 22.8 Å². The monoisotopic (exact) mass is 502 g/mol. The highest BCUT2D eigenvalue weighted by Gasteiger charge is 2.32. The SMILES string of the molecule is CC(C)(C#N)N1CCC(n2c(=O)ccc3cnc4ccc(-c5ccc(S(C)(=O)=O)nc5)nc4c32)CC1. The number of hydrogen-bond acceptors (Lipinski definition) is 8. The summed E-state index contributed by atoms with van der Waals surface area (Å²) in [6.07, 6.45) is 5.84. The summed E-state index contributed by atoms with van der Waals surface area (Å²) >= 11 is 0. The highest BCUT2D eigenvalue weighted by molar-refractivity contribution is 7.90. The molecule has 0 unspecified atom stereocenters. The Morgan fingerprint density at radius 1 is 1.03 bits per heavy atom. The number of aromatic nitrogens is 4. The molecule has 0 atom stereocenters. The molecule has 1 aliphatic heterocycles. The van der Waals surface area contributed by atoms with Gasteiger partial charge < -0.3 is 4.57 Å². The summed E-state index contributed by atoms with van der Waals surface area (Å²) in [5.41, 5.74) is 2.62. The highest BCUT2D eigenvalue weighted by atomic mass is 32.2. The number of likely N-dealkylation sites (tertiary alicyclic amines) is 1. The fourth-order valence-electron chi connectivity index (χ4n) is 4.82. The maximum Gasteiger partial charge on any atom is 0.251 e. The van der Waals surface area contributed by atoms with Crippen molar-refractivity contribution in [1.82, 2.24) is 24.4 Å². The van der Waals surface area contributed by atoms with Crippen molar-refractivity contribution in [2.45, 2.75) is 43.3 Å². The van der Waals surface area contributed by atoms with Crippen molar-refractivity contribution >= 4 is 31.8 Å². The van der Waals surface area contributed by atoms with Crippen LogP contribution in [0, 0.1) is 11.3 Å². The quantitative estimate of drug-likeness (QED) is 0.390. The van der Waals surface area contributed by atoms with E-state index in [0.29, 0.717) is 35.4 Å². The van der Waals surface area contributed by atoms with Gasteiger partial charge in [-0.15, -0.1) is 0 Å². The lowest BCUT2D eigenvalue weighted by Gasteiger charge is -2.39. The predicted molar refractivity (Wildman–Crippen MR) is 137 cm³/mol. The average Bonchev–Trinajstić information content (AvgIpc) is 2.88. The fourth-order valence-corrected chi connectivity index (χ4v) is 5.38. The summed E-state index contributed by atoms with van der Waals surface area (Å²) in [5.74, 6) is 0. The van der Waals surface area contributed by atoms with Gasteiger partial charge >= 0.3 is 0 Å². The van der Waals surface area contributed by atoms with Crippen molar-refractivity contribution in [3.63, 3.8) is 0 Å². The van der Waals surface area contributed by atoms with Gasteiger partial charge in [0.15, 0.2) is 14.9 Å². The van der Waals surface area contributed by atoms with Crippen LogP contribution >= 0.6 is 0 Å². The summed E-state index contributed by atoms with van der Waals surface area (Å²) in [6.45, 7) is 5.26. The Bertz CT molecular complexity index is 1680. The molecule has 0 saturated carbocycles.